The van der Waals surface area contributed by atoms with E-state index in [2.05, 4.69) is 16.0 Å². The van der Waals surface area contributed by atoms with Crippen molar-refractivity contribution in [2.75, 3.05) is 26.2 Å². The van der Waals surface area contributed by atoms with Crippen LogP contribution in [0, 0.1) is 5.92 Å². The average Bonchev–Trinajstić information content (AvgIpc) is 3.34. The van der Waals surface area contributed by atoms with Crippen molar-refractivity contribution in [3.63, 3.8) is 0 Å². The second-order valence-electron chi connectivity index (χ2n) is 9.28. The number of hydrogen-bond acceptors (Lipinski definition) is 4. The third-order valence-corrected chi connectivity index (χ3v) is 7.93. The highest BCUT2D eigenvalue weighted by Crippen LogP contribution is 2.42. The maximum Gasteiger partial charge on any atom is 0.251 e. The number of rotatable bonds is 8. The zero-order valence-corrected chi connectivity index (χ0v) is 19.3. The van der Waals surface area contributed by atoms with Gasteiger partial charge in [0, 0.05) is 59.8 Å². The molecule has 9 heteroatoms. The smallest absolute Gasteiger partial charge is 0.251 e. The highest BCUT2D eigenvalue weighted by atomic mass is 32.1. The summed E-state index contributed by atoms with van der Waals surface area (Å²) in [6.45, 7) is 3.80. The van der Waals surface area contributed by atoms with Crippen LogP contribution >= 0.6 is 11.3 Å². The SMILES string of the molecule is C[C@@H]1Cc2c([nH]c3ccccc23)[C@@H](c2ncc(CC3CN(CCC(F)F)C3)s2)N1CC(F)F. The minimum absolute atomic E-state index is 0.0296. The number of nitrogens with one attached hydrogen (secondary N) is 1. The minimum Gasteiger partial charge on any atom is -0.356 e. The Morgan fingerprint density at radius 1 is 1.15 bits per heavy atom. The van der Waals surface area contributed by atoms with Gasteiger partial charge < -0.3 is 9.88 Å². The first kappa shape index (κ1) is 22.8. The Morgan fingerprint density at radius 3 is 2.70 bits per heavy atom. The van der Waals surface area contributed by atoms with Gasteiger partial charge in [0.05, 0.1) is 6.54 Å². The maximum atomic E-state index is 13.5. The van der Waals surface area contributed by atoms with E-state index in [0.717, 1.165) is 52.4 Å². The van der Waals surface area contributed by atoms with Crippen molar-refractivity contribution < 1.29 is 17.6 Å². The van der Waals surface area contributed by atoms with Gasteiger partial charge in [0.2, 0.25) is 6.43 Å². The summed E-state index contributed by atoms with van der Waals surface area (Å²) in [5, 5.41) is 1.98. The first-order valence-electron chi connectivity index (χ1n) is 11.5. The van der Waals surface area contributed by atoms with Gasteiger partial charge in [-0.05, 0) is 37.3 Å². The molecular formula is C24H28F4N4S. The number of aromatic amines is 1. The van der Waals surface area contributed by atoms with E-state index in [-0.39, 0.29) is 25.0 Å². The molecule has 0 aliphatic carbocycles. The van der Waals surface area contributed by atoms with Gasteiger partial charge in [-0.2, -0.15) is 0 Å². The van der Waals surface area contributed by atoms with E-state index < -0.39 is 12.9 Å². The number of alkyl halides is 4. The fourth-order valence-corrected chi connectivity index (χ4v) is 6.48. The molecule has 2 aromatic heterocycles. The lowest BCUT2D eigenvalue weighted by atomic mass is 9.92. The lowest BCUT2D eigenvalue weighted by molar-refractivity contribution is 0.0456. The van der Waals surface area contributed by atoms with Gasteiger partial charge in [-0.1, -0.05) is 18.2 Å². The van der Waals surface area contributed by atoms with Crippen molar-refractivity contribution >= 4 is 22.2 Å². The number of para-hydroxylation sites is 1. The van der Waals surface area contributed by atoms with Crippen LogP contribution in [0.5, 0.6) is 0 Å². The Hall–Kier alpha value is -1.97. The third kappa shape index (κ3) is 4.68. The van der Waals surface area contributed by atoms with Gasteiger partial charge in [-0.25, -0.2) is 22.5 Å². The summed E-state index contributed by atoms with van der Waals surface area (Å²) in [6, 6.07) is 7.74. The van der Waals surface area contributed by atoms with Crippen LogP contribution in [-0.2, 0) is 12.8 Å². The molecule has 178 valence electrons. The number of likely N-dealkylation sites (tertiary alicyclic amines) is 1. The lowest BCUT2D eigenvalue weighted by Crippen LogP contribution is -2.48. The first-order chi connectivity index (χ1) is 15.9. The summed E-state index contributed by atoms with van der Waals surface area (Å²) < 4.78 is 51.9. The molecule has 4 heterocycles. The van der Waals surface area contributed by atoms with E-state index in [1.54, 1.807) is 11.3 Å². The predicted octanol–water partition coefficient (Wildman–Crippen LogP) is 5.36. The molecule has 1 fully saturated rings. The first-order valence-corrected chi connectivity index (χ1v) is 12.3. The Kier molecular flexibility index (Phi) is 6.46. The van der Waals surface area contributed by atoms with Crippen molar-refractivity contribution in [1.82, 2.24) is 19.8 Å². The average molecular weight is 481 g/mol. The predicted molar refractivity (Wildman–Crippen MR) is 122 cm³/mol. The molecule has 0 radical (unpaired) electrons. The number of nitrogens with zero attached hydrogens (tertiary/aromatic N) is 3. The Labute approximate surface area is 194 Å². The molecule has 1 aromatic carbocycles. The Balaban J connectivity index is 1.37. The molecule has 1 N–H and O–H groups in total. The summed E-state index contributed by atoms with van der Waals surface area (Å²) >= 11 is 1.59. The second kappa shape index (κ2) is 9.35. The molecule has 4 nitrogen and oxygen atoms in total. The molecule has 0 unspecified atom stereocenters. The molecule has 0 saturated carbocycles. The van der Waals surface area contributed by atoms with Gasteiger partial charge in [-0.15, -0.1) is 11.3 Å². The Bertz CT molecular complexity index is 1090. The summed E-state index contributed by atoms with van der Waals surface area (Å²) in [6.07, 6.45) is -1.32. The van der Waals surface area contributed by atoms with Crippen molar-refractivity contribution in [2.24, 2.45) is 5.92 Å². The summed E-state index contributed by atoms with van der Waals surface area (Å²) in [5.41, 5.74) is 3.19. The molecule has 0 amide bonds. The van der Waals surface area contributed by atoms with E-state index in [1.165, 1.54) is 5.56 Å². The van der Waals surface area contributed by atoms with E-state index >= 15 is 0 Å². The van der Waals surface area contributed by atoms with E-state index in [4.69, 9.17) is 4.98 Å². The van der Waals surface area contributed by atoms with Crippen LogP contribution in [0.4, 0.5) is 17.6 Å². The van der Waals surface area contributed by atoms with Crippen LogP contribution in [0.25, 0.3) is 10.9 Å². The van der Waals surface area contributed by atoms with Crippen molar-refractivity contribution in [1.29, 1.82) is 0 Å². The van der Waals surface area contributed by atoms with Gasteiger partial charge in [-0.3, -0.25) is 4.90 Å². The highest BCUT2D eigenvalue weighted by Gasteiger charge is 2.38. The molecule has 2 aliphatic rings. The molecular weight excluding hydrogens is 452 g/mol. The number of aromatic nitrogens is 2. The number of thiazole rings is 1. The molecule has 2 atom stereocenters. The monoisotopic (exact) mass is 480 g/mol. The highest BCUT2D eigenvalue weighted by molar-refractivity contribution is 7.11. The fourth-order valence-electron chi connectivity index (χ4n) is 5.31. The van der Waals surface area contributed by atoms with E-state index in [0.29, 0.717) is 12.5 Å². The van der Waals surface area contributed by atoms with Crippen LogP contribution in [0.15, 0.2) is 30.5 Å². The normalized spacial score (nSPS) is 22.4. The van der Waals surface area contributed by atoms with Crippen molar-refractivity contribution in [3.05, 3.63) is 51.6 Å². The van der Waals surface area contributed by atoms with Crippen LogP contribution in [0.3, 0.4) is 0 Å². The molecule has 1 saturated heterocycles. The van der Waals surface area contributed by atoms with Crippen molar-refractivity contribution in [2.45, 2.75) is 51.1 Å². The van der Waals surface area contributed by atoms with Crippen LogP contribution in [-0.4, -0.2) is 64.8 Å². The maximum absolute atomic E-state index is 13.5. The number of H-pyrrole nitrogens is 1. The molecule has 3 aromatic rings. The van der Waals surface area contributed by atoms with Crippen molar-refractivity contribution in [3.8, 4) is 0 Å². The largest absolute Gasteiger partial charge is 0.356 e. The van der Waals surface area contributed by atoms with E-state index in [1.807, 2.05) is 36.2 Å². The van der Waals surface area contributed by atoms with Gasteiger partial charge in [0.25, 0.3) is 6.43 Å². The number of halogens is 4. The summed E-state index contributed by atoms with van der Waals surface area (Å²) in [5.74, 6) is 0.432. The molecule has 5 rings (SSSR count). The second-order valence-corrected chi connectivity index (χ2v) is 10.4. The van der Waals surface area contributed by atoms with Gasteiger partial charge in [0.15, 0.2) is 0 Å². The fraction of sp³-hybridized carbons (Fsp3) is 0.542. The topological polar surface area (TPSA) is 35.2 Å². The molecule has 33 heavy (non-hydrogen) atoms. The van der Waals surface area contributed by atoms with Crippen LogP contribution in [0.2, 0.25) is 0 Å². The van der Waals surface area contributed by atoms with Crippen LogP contribution < -0.4 is 0 Å². The third-order valence-electron chi connectivity index (χ3n) is 6.86. The zero-order chi connectivity index (χ0) is 23.1. The minimum atomic E-state index is -2.42. The van der Waals surface area contributed by atoms with E-state index in [9.17, 15) is 17.6 Å². The lowest BCUT2D eigenvalue weighted by Gasteiger charge is -2.39. The zero-order valence-electron chi connectivity index (χ0n) is 18.5. The quantitative estimate of drug-likeness (QED) is 0.441. The summed E-state index contributed by atoms with van der Waals surface area (Å²) in [7, 11) is 0. The van der Waals surface area contributed by atoms with Gasteiger partial charge >= 0.3 is 0 Å². The summed E-state index contributed by atoms with van der Waals surface area (Å²) in [4.78, 5) is 13.2. The van der Waals surface area contributed by atoms with Crippen LogP contribution in [0.1, 0.15) is 40.5 Å². The standard InChI is InChI=1S/C24H28F4N4S/c1-14-8-18-17-4-2-3-5-19(17)30-22(18)23(32(14)13-21(27)28)24-29-10-16(33-24)9-15-11-31(12-15)7-6-20(25)26/h2-5,10,14-15,20-21,23,30H,6-9,11-13H2,1H3/t14-,23+/m1/s1. The number of benzene rings is 1. The van der Waals surface area contributed by atoms with Gasteiger partial charge in [0.1, 0.15) is 11.0 Å². The Morgan fingerprint density at radius 2 is 1.94 bits per heavy atom. The number of hydrogen-bond donors (Lipinski definition) is 1. The molecule has 0 bridgehead atoms. The number of fused-ring (bicyclic) bond motifs is 3. The molecule has 0 spiro atoms. The molecule has 2 aliphatic heterocycles.